The molecule has 3 aromatic rings. The maximum Gasteiger partial charge on any atom is 0.243 e. The van der Waals surface area contributed by atoms with Crippen LogP contribution in [-0.2, 0) is 28.3 Å². The Morgan fingerprint density at radius 1 is 0.919 bits per heavy atom. The number of carbonyl (C=O) groups excluding carboxylic acids is 2. The van der Waals surface area contributed by atoms with E-state index >= 15 is 0 Å². The second-order valence-corrected chi connectivity index (χ2v) is 10.5. The highest BCUT2D eigenvalue weighted by molar-refractivity contribution is 7.99. The van der Waals surface area contributed by atoms with Crippen molar-refractivity contribution in [2.45, 2.75) is 56.5 Å². The summed E-state index contributed by atoms with van der Waals surface area (Å²) in [4.78, 5) is 29.2. The van der Waals surface area contributed by atoms with E-state index in [1.807, 2.05) is 72.8 Å². The van der Waals surface area contributed by atoms with E-state index < -0.39 is 6.04 Å². The molecule has 3 aromatic carbocycles. The summed E-state index contributed by atoms with van der Waals surface area (Å²) in [7, 11) is 1.63. The van der Waals surface area contributed by atoms with E-state index in [0.717, 1.165) is 48.3 Å². The summed E-state index contributed by atoms with van der Waals surface area (Å²) in [5.41, 5.74) is 3.15. The molecule has 1 saturated carbocycles. The Balaban J connectivity index is 1.58. The van der Waals surface area contributed by atoms with Gasteiger partial charge in [-0.1, -0.05) is 85.6 Å². The molecule has 5 nitrogen and oxygen atoms in total. The number of methoxy groups -OCH3 is 1. The maximum absolute atomic E-state index is 13.8. The number of amides is 2. The average molecular weight is 517 g/mol. The molecule has 0 radical (unpaired) electrons. The van der Waals surface area contributed by atoms with Crippen LogP contribution in [0, 0.1) is 0 Å². The van der Waals surface area contributed by atoms with Crippen LogP contribution in [0.4, 0.5) is 0 Å². The van der Waals surface area contributed by atoms with Crippen molar-refractivity contribution < 1.29 is 14.3 Å². The van der Waals surface area contributed by atoms with Gasteiger partial charge in [0.2, 0.25) is 11.8 Å². The Bertz CT molecular complexity index is 1130. The first-order chi connectivity index (χ1) is 18.1. The Kier molecular flexibility index (Phi) is 10.1. The van der Waals surface area contributed by atoms with Gasteiger partial charge in [-0.15, -0.1) is 11.8 Å². The van der Waals surface area contributed by atoms with Gasteiger partial charge in [0.25, 0.3) is 0 Å². The third kappa shape index (κ3) is 8.12. The van der Waals surface area contributed by atoms with E-state index in [4.69, 9.17) is 4.74 Å². The molecule has 0 aliphatic heterocycles. The van der Waals surface area contributed by atoms with Crippen LogP contribution in [0.3, 0.4) is 0 Å². The lowest BCUT2D eigenvalue weighted by Gasteiger charge is -2.32. The lowest BCUT2D eigenvalue weighted by atomic mass is 10.0. The molecule has 0 aromatic heterocycles. The number of thioether (sulfide) groups is 1. The van der Waals surface area contributed by atoms with Gasteiger partial charge >= 0.3 is 0 Å². The van der Waals surface area contributed by atoms with Crippen molar-refractivity contribution in [2.24, 2.45) is 0 Å². The van der Waals surface area contributed by atoms with E-state index in [0.29, 0.717) is 18.7 Å². The molecule has 6 heteroatoms. The van der Waals surface area contributed by atoms with E-state index in [1.54, 1.807) is 23.8 Å². The van der Waals surface area contributed by atoms with Crippen LogP contribution in [0.5, 0.6) is 5.75 Å². The zero-order valence-electron chi connectivity index (χ0n) is 21.5. The van der Waals surface area contributed by atoms with Crippen LogP contribution in [0.2, 0.25) is 0 Å². The quantitative estimate of drug-likeness (QED) is 0.339. The number of rotatable bonds is 12. The fraction of sp³-hybridized carbons (Fsp3) is 0.355. The van der Waals surface area contributed by atoms with Gasteiger partial charge in [0.1, 0.15) is 11.8 Å². The van der Waals surface area contributed by atoms with Gasteiger partial charge in [0, 0.05) is 24.8 Å². The van der Waals surface area contributed by atoms with Gasteiger partial charge in [-0.25, -0.2) is 0 Å². The fourth-order valence-electron chi connectivity index (χ4n) is 4.80. The highest BCUT2D eigenvalue weighted by atomic mass is 32.2. The van der Waals surface area contributed by atoms with Crippen molar-refractivity contribution in [3.63, 3.8) is 0 Å². The molecule has 1 aliphatic rings. The molecule has 2 amide bonds. The van der Waals surface area contributed by atoms with Crippen LogP contribution in [0.25, 0.3) is 0 Å². The van der Waals surface area contributed by atoms with E-state index in [9.17, 15) is 9.59 Å². The molecular weight excluding hydrogens is 480 g/mol. The van der Waals surface area contributed by atoms with Gasteiger partial charge in [-0.2, -0.15) is 0 Å². The van der Waals surface area contributed by atoms with Crippen molar-refractivity contribution in [2.75, 3.05) is 12.9 Å². The smallest absolute Gasteiger partial charge is 0.243 e. The van der Waals surface area contributed by atoms with Crippen LogP contribution in [0.1, 0.15) is 42.4 Å². The van der Waals surface area contributed by atoms with E-state index in [-0.39, 0.29) is 17.9 Å². The average Bonchev–Trinajstić information content (AvgIpc) is 3.45. The van der Waals surface area contributed by atoms with E-state index in [1.165, 1.54) is 5.56 Å². The van der Waals surface area contributed by atoms with Crippen LogP contribution in [-0.4, -0.2) is 41.7 Å². The highest BCUT2D eigenvalue weighted by Gasteiger charge is 2.32. The first-order valence-electron chi connectivity index (χ1n) is 13.0. The minimum absolute atomic E-state index is 0.0359. The molecule has 4 rings (SSSR count). The molecule has 1 N–H and O–H groups in total. The second-order valence-electron chi connectivity index (χ2n) is 9.55. The largest absolute Gasteiger partial charge is 0.497 e. The lowest BCUT2D eigenvalue weighted by molar-refractivity contribution is -0.139. The normalized spacial score (nSPS) is 14.2. The maximum atomic E-state index is 13.8. The topological polar surface area (TPSA) is 58.6 Å². The summed E-state index contributed by atoms with van der Waals surface area (Å²) in [6, 6.07) is 27.4. The summed E-state index contributed by atoms with van der Waals surface area (Å²) in [5, 5.41) is 3.26. The number of nitrogens with zero attached hydrogens (tertiary/aromatic N) is 1. The summed E-state index contributed by atoms with van der Waals surface area (Å²) in [6.07, 6.45) is 4.74. The molecule has 0 saturated heterocycles. The second kappa shape index (κ2) is 13.9. The van der Waals surface area contributed by atoms with Crippen molar-refractivity contribution in [1.82, 2.24) is 10.2 Å². The standard InChI is InChI=1S/C31H36N2O3S/c1-36-28-18-10-15-26(19-28)21-33(30(34)23-37-22-25-13-6-3-7-14-25)29(20-24-11-4-2-5-12-24)31(35)32-27-16-8-9-17-27/h2-7,10-15,18-19,27,29H,8-9,16-17,20-23H2,1H3,(H,32,35)/t29-/m1/s1. The number of hydrogen-bond donors (Lipinski definition) is 1. The Morgan fingerprint density at radius 3 is 2.24 bits per heavy atom. The lowest BCUT2D eigenvalue weighted by Crippen LogP contribution is -2.52. The first-order valence-corrected chi connectivity index (χ1v) is 14.2. The fourth-order valence-corrected chi connectivity index (χ4v) is 5.67. The Morgan fingerprint density at radius 2 is 1.57 bits per heavy atom. The minimum Gasteiger partial charge on any atom is -0.497 e. The number of benzene rings is 3. The number of carbonyl (C=O) groups is 2. The Labute approximate surface area is 224 Å². The molecule has 0 heterocycles. The monoisotopic (exact) mass is 516 g/mol. The SMILES string of the molecule is COc1cccc(CN(C(=O)CSCc2ccccc2)[C@H](Cc2ccccc2)C(=O)NC2CCCC2)c1. The van der Waals surface area contributed by atoms with Crippen molar-refractivity contribution >= 4 is 23.6 Å². The predicted octanol–water partition coefficient (Wildman–Crippen LogP) is 5.63. The molecule has 194 valence electrons. The third-order valence-corrected chi connectivity index (χ3v) is 7.79. The molecular formula is C31H36N2O3S. The summed E-state index contributed by atoms with van der Waals surface area (Å²) in [5.74, 6) is 1.68. The molecule has 37 heavy (non-hydrogen) atoms. The van der Waals surface area contributed by atoms with Gasteiger partial charge in [0.15, 0.2) is 0 Å². The van der Waals surface area contributed by atoms with Crippen molar-refractivity contribution in [3.05, 3.63) is 102 Å². The third-order valence-electron chi connectivity index (χ3n) is 6.80. The van der Waals surface area contributed by atoms with E-state index in [2.05, 4.69) is 17.4 Å². The molecule has 1 atom stereocenters. The summed E-state index contributed by atoms with van der Waals surface area (Å²) >= 11 is 1.58. The van der Waals surface area contributed by atoms with Crippen LogP contribution in [0.15, 0.2) is 84.9 Å². The Hall–Kier alpha value is -3.25. The number of nitrogens with one attached hydrogen (secondary N) is 1. The van der Waals surface area contributed by atoms with Gasteiger partial charge in [-0.05, 0) is 41.7 Å². The molecule has 0 spiro atoms. The van der Waals surface area contributed by atoms with Gasteiger partial charge < -0.3 is 15.0 Å². The van der Waals surface area contributed by atoms with Crippen molar-refractivity contribution in [3.8, 4) is 5.75 Å². The minimum atomic E-state index is -0.598. The van der Waals surface area contributed by atoms with Gasteiger partial charge in [0.05, 0.1) is 12.9 Å². The van der Waals surface area contributed by atoms with Crippen molar-refractivity contribution in [1.29, 1.82) is 0 Å². The summed E-state index contributed by atoms with van der Waals surface area (Å²) < 4.78 is 5.42. The summed E-state index contributed by atoms with van der Waals surface area (Å²) in [6.45, 7) is 0.345. The molecule has 0 bridgehead atoms. The number of ether oxygens (including phenoxy) is 1. The van der Waals surface area contributed by atoms with Gasteiger partial charge in [-0.3, -0.25) is 9.59 Å². The zero-order chi connectivity index (χ0) is 25.9. The zero-order valence-corrected chi connectivity index (χ0v) is 22.3. The first kappa shape index (κ1) is 26.8. The number of hydrogen-bond acceptors (Lipinski definition) is 4. The van der Waals surface area contributed by atoms with Crippen LogP contribution >= 0.6 is 11.8 Å². The van der Waals surface area contributed by atoms with Crippen LogP contribution < -0.4 is 10.1 Å². The molecule has 1 aliphatic carbocycles. The highest BCUT2D eigenvalue weighted by Crippen LogP contribution is 2.22. The molecule has 0 unspecified atom stereocenters. The predicted molar refractivity (Wildman–Crippen MR) is 150 cm³/mol. The molecule has 1 fully saturated rings.